The van der Waals surface area contributed by atoms with Gasteiger partial charge < -0.3 is 15.1 Å². The summed E-state index contributed by atoms with van der Waals surface area (Å²) < 4.78 is 0. The van der Waals surface area contributed by atoms with E-state index in [0.717, 1.165) is 23.0 Å². The summed E-state index contributed by atoms with van der Waals surface area (Å²) in [5, 5.41) is 5.18. The molecule has 0 spiro atoms. The van der Waals surface area contributed by atoms with Gasteiger partial charge in [0.2, 0.25) is 11.8 Å². The van der Waals surface area contributed by atoms with Gasteiger partial charge in [0.05, 0.1) is 11.6 Å². The van der Waals surface area contributed by atoms with E-state index >= 15 is 0 Å². The molecule has 2 aromatic carbocycles. The van der Waals surface area contributed by atoms with E-state index in [0.29, 0.717) is 13.1 Å². The van der Waals surface area contributed by atoms with Crippen molar-refractivity contribution in [3.8, 4) is 0 Å². The van der Waals surface area contributed by atoms with E-state index in [1.54, 1.807) is 16.8 Å². The van der Waals surface area contributed by atoms with Crippen molar-refractivity contribution in [3.63, 3.8) is 0 Å². The summed E-state index contributed by atoms with van der Waals surface area (Å²) in [7, 11) is 3.66. The first-order valence-corrected chi connectivity index (χ1v) is 8.29. The number of rotatable bonds is 5. The molecule has 1 unspecified atom stereocenters. The van der Waals surface area contributed by atoms with E-state index in [4.69, 9.17) is 0 Å². The largest absolute Gasteiger partial charge is 0.344 e. The number of carbonyl (C=O) groups excluding carboxylic acids is 2. The average molecular weight is 325 g/mol. The number of likely N-dealkylation sites (N-methyl/N-ethyl adjacent to an activating group) is 2. The molecule has 0 saturated carbocycles. The number of fused-ring (bicyclic) bond motifs is 1. The van der Waals surface area contributed by atoms with E-state index in [1.807, 2.05) is 49.5 Å². The molecule has 2 aromatic rings. The molecule has 1 aliphatic heterocycles. The van der Waals surface area contributed by atoms with Gasteiger partial charge >= 0.3 is 0 Å². The Labute approximate surface area is 142 Å². The van der Waals surface area contributed by atoms with Crippen molar-refractivity contribution < 1.29 is 9.59 Å². The molecule has 5 heteroatoms. The van der Waals surface area contributed by atoms with E-state index in [-0.39, 0.29) is 24.2 Å². The molecule has 5 nitrogen and oxygen atoms in total. The topological polar surface area (TPSA) is 52.7 Å². The summed E-state index contributed by atoms with van der Waals surface area (Å²) in [5.74, 6) is -0.202. The number of nitrogens with one attached hydrogen (secondary N) is 1. The van der Waals surface area contributed by atoms with Crippen LogP contribution in [0.2, 0.25) is 0 Å². The lowest BCUT2D eigenvalue weighted by Crippen LogP contribution is -2.38. The predicted octanol–water partition coefficient (Wildman–Crippen LogP) is 1.87. The molecule has 0 bridgehead atoms. The molecule has 1 fully saturated rings. The Morgan fingerprint density at radius 3 is 2.79 bits per heavy atom. The summed E-state index contributed by atoms with van der Waals surface area (Å²) >= 11 is 0. The fourth-order valence-electron chi connectivity index (χ4n) is 3.25. The molecule has 1 heterocycles. The number of anilines is 1. The van der Waals surface area contributed by atoms with Gasteiger partial charge in [0.25, 0.3) is 0 Å². The van der Waals surface area contributed by atoms with Crippen LogP contribution in [-0.2, 0) is 9.59 Å². The Morgan fingerprint density at radius 1 is 1.25 bits per heavy atom. The maximum absolute atomic E-state index is 12.6. The number of carbonyl (C=O) groups is 2. The number of amides is 2. The van der Waals surface area contributed by atoms with Crippen molar-refractivity contribution in [2.24, 2.45) is 5.92 Å². The number of nitrogens with zero attached hydrogens (tertiary/aromatic N) is 2. The summed E-state index contributed by atoms with van der Waals surface area (Å²) in [5.41, 5.74) is 0.895. The fraction of sp³-hybridized carbons (Fsp3) is 0.368. The van der Waals surface area contributed by atoms with Crippen LogP contribution >= 0.6 is 0 Å². The van der Waals surface area contributed by atoms with Gasteiger partial charge in [-0.2, -0.15) is 0 Å². The number of benzene rings is 2. The Balaban J connectivity index is 1.81. The maximum Gasteiger partial charge on any atom is 0.227 e. The van der Waals surface area contributed by atoms with Crippen molar-refractivity contribution in [3.05, 3.63) is 42.5 Å². The second-order valence-corrected chi connectivity index (χ2v) is 6.27. The van der Waals surface area contributed by atoms with E-state index < -0.39 is 0 Å². The van der Waals surface area contributed by atoms with Gasteiger partial charge in [-0.25, -0.2) is 0 Å². The first-order valence-electron chi connectivity index (χ1n) is 8.29. The molecule has 1 aliphatic rings. The van der Waals surface area contributed by atoms with Crippen LogP contribution in [0.5, 0.6) is 0 Å². The Morgan fingerprint density at radius 2 is 2.00 bits per heavy atom. The molecule has 0 aromatic heterocycles. The molecule has 1 atom stereocenters. The minimum Gasteiger partial charge on any atom is -0.344 e. The molecule has 126 valence electrons. The zero-order valence-corrected chi connectivity index (χ0v) is 14.2. The van der Waals surface area contributed by atoms with Crippen molar-refractivity contribution in [1.82, 2.24) is 10.2 Å². The van der Waals surface area contributed by atoms with Gasteiger partial charge in [-0.15, -0.1) is 0 Å². The lowest BCUT2D eigenvalue weighted by molar-refractivity contribution is -0.134. The summed E-state index contributed by atoms with van der Waals surface area (Å²) in [4.78, 5) is 28.5. The SMILES string of the molecule is CNCCN(C)C(=O)C1CC(=O)N(c2cccc3ccccc23)C1. The summed E-state index contributed by atoms with van der Waals surface area (Å²) in [6.07, 6.45) is 0.284. The molecule has 1 saturated heterocycles. The van der Waals surface area contributed by atoms with Crippen molar-refractivity contribution in [1.29, 1.82) is 0 Å². The van der Waals surface area contributed by atoms with Gasteiger partial charge in [0.1, 0.15) is 0 Å². The van der Waals surface area contributed by atoms with Crippen molar-refractivity contribution >= 4 is 28.3 Å². The first kappa shape index (κ1) is 16.5. The predicted molar refractivity (Wildman–Crippen MR) is 96.0 cm³/mol. The molecule has 0 aliphatic carbocycles. The highest BCUT2D eigenvalue weighted by Crippen LogP contribution is 2.32. The Hall–Kier alpha value is -2.40. The van der Waals surface area contributed by atoms with Crippen LogP contribution in [0.25, 0.3) is 10.8 Å². The monoisotopic (exact) mass is 325 g/mol. The quantitative estimate of drug-likeness (QED) is 0.913. The average Bonchev–Trinajstić information content (AvgIpc) is 3.00. The third kappa shape index (κ3) is 3.12. The normalized spacial score (nSPS) is 17.5. The van der Waals surface area contributed by atoms with E-state index in [9.17, 15) is 9.59 Å². The molecule has 2 amide bonds. The number of hydrogen-bond donors (Lipinski definition) is 1. The summed E-state index contributed by atoms with van der Waals surface area (Å²) in [6.45, 7) is 1.85. The highest BCUT2D eigenvalue weighted by atomic mass is 16.2. The van der Waals surface area contributed by atoms with Crippen LogP contribution in [0.1, 0.15) is 6.42 Å². The first-order chi connectivity index (χ1) is 11.6. The minimum atomic E-state index is -0.265. The van der Waals surface area contributed by atoms with Crippen LogP contribution in [0.15, 0.2) is 42.5 Å². The standard InChI is InChI=1S/C19H23N3O2/c1-20-10-11-21(2)19(24)15-12-18(23)22(13-15)17-9-5-7-14-6-3-4-8-16(14)17/h3-9,15,20H,10-13H2,1-2H3. The minimum absolute atomic E-state index is 0.0201. The van der Waals surface area contributed by atoms with Gasteiger partial charge in [-0.05, 0) is 18.5 Å². The molecular formula is C19H23N3O2. The highest BCUT2D eigenvalue weighted by Gasteiger charge is 2.36. The van der Waals surface area contributed by atoms with E-state index in [1.165, 1.54) is 0 Å². The van der Waals surface area contributed by atoms with Gasteiger partial charge in [-0.3, -0.25) is 9.59 Å². The lowest BCUT2D eigenvalue weighted by atomic mass is 10.1. The molecular weight excluding hydrogens is 302 g/mol. The van der Waals surface area contributed by atoms with Crippen LogP contribution in [0.3, 0.4) is 0 Å². The molecule has 1 N–H and O–H groups in total. The third-order valence-corrected chi connectivity index (χ3v) is 4.61. The van der Waals surface area contributed by atoms with Crippen molar-refractivity contribution in [2.45, 2.75) is 6.42 Å². The Bertz CT molecular complexity index is 754. The van der Waals surface area contributed by atoms with Gasteiger partial charge in [0.15, 0.2) is 0 Å². The van der Waals surface area contributed by atoms with Crippen molar-refractivity contribution in [2.75, 3.05) is 38.6 Å². The molecule has 24 heavy (non-hydrogen) atoms. The second-order valence-electron chi connectivity index (χ2n) is 6.27. The van der Waals surface area contributed by atoms with Crippen LogP contribution < -0.4 is 10.2 Å². The van der Waals surface area contributed by atoms with Crippen LogP contribution in [0, 0.1) is 5.92 Å². The molecule has 0 radical (unpaired) electrons. The van der Waals surface area contributed by atoms with Gasteiger partial charge in [0, 0.05) is 38.5 Å². The highest BCUT2D eigenvalue weighted by molar-refractivity contribution is 6.06. The second kappa shape index (κ2) is 7.01. The van der Waals surface area contributed by atoms with Gasteiger partial charge in [-0.1, -0.05) is 36.4 Å². The Kier molecular flexibility index (Phi) is 4.81. The van der Waals surface area contributed by atoms with E-state index in [2.05, 4.69) is 5.32 Å². The van der Waals surface area contributed by atoms with Crippen LogP contribution in [0.4, 0.5) is 5.69 Å². The zero-order valence-electron chi connectivity index (χ0n) is 14.2. The zero-order chi connectivity index (χ0) is 17.1. The van der Waals surface area contributed by atoms with Crippen LogP contribution in [-0.4, -0.2) is 50.4 Å². The lowest BCUT2D eigenvalue weighted by Gasteiger charge is -2.22. The maximum atomic E-state index is 12.6. The fourth-order valence-corrected chi connectivity index (χ4v) is 3.25. The molecule has 3 rings (SSSR count). The number of hydrogen-bond acceptors (Lipinski definition) is 3. The smallest absolute Gasteiger partial charge is 0.227 e. The third-order valence-electron chi connectivity index (χ3n) is 4.61. The summed E-state index contributed by atoms with van der Waals surface area (Å²) in [6, 6.07) is 14.0.